The van der Waals surface area contributed by atoms with Crippen molar-refractivity contribution in [1.82, 2.24) is 14.8 Å². The largest absolute Gasteiger partial charge is 0.322 e. The molecule has 1 aromatic heterocycles. The molecular weight excluding hydrogens is 300 g/mol. The summed E-state index contributed by atoms with van der Waals surface area (Å²) in [5.74, 6) is 0. The Hall–Kier alpha value is -2.40. The number of hydrogen-bond acceptors (Lipinski definition) is 3. The van der Waals surface area contributed by atoms with Gasteiger partial charge in [0.25, 0.3) is 0 Å². The molecule has 0 aliphatic carbocycles. The van der Waals surface area contributed by atoms with Crippen LogP contribution in [-0.2, 0) is 6.54 Å². The number of nitrogens with one attached hydrogen (secondary N) is 1. The van der Waals surface area contributed by atoms with E-state index >= 15 is 0 Å². The summed E-state index contributed by atoms with van der Waals surface area (Å²) < 4.78 is 0. The number of hydrogen-bond donors (Lipinski definition) is 1. The van der Waals surface area contributed by atoms with Crippen LogP contribution in [0.5, 0.6) is 0 Å². The van der Waals surface area contributed by atoms with Crippen LogP contribution < -0.4 is 5.32 Å². The van der Waals surface area contributed by atoms with E-state index in [9.17, 15) is 4.79 Å². The normalized spacial score (nSPS) is 15.3. The average Bonchev–Trinajstić information content (AvgIpc) is 2.60. The predicted octanol–water partition coefficient (Wildman–Crippen LogP) is 3.05. The maximum Gasteiger partial charge on any atom is 0.321 e. The van der Waals surface area contributed by atoms with E-state index in [2.05, 4.69) is 28.2 Å². The molecule has 2 amide bonds. The van der Waals surface area contributed by atoms with E-state index in [1.54, 1.807) is 0 Å². The Labute approximate surface area is 143 Å². The van der Waals surface area contributed by atoms with E-state index in [0.717, 1.165) is 44.0 Å². The molecule has 1 aromatic carbocycles. The third-order valence-corrected chi connectivity index (χ3v) is 4.66. The van der Waals surface area contributed by atoms with E-state index in [1.807, 2.05) is 48.5 Å². The molecule has 0 atom stereocenters. The SMILES string of the molecule is Cc1cccc(NC(=O)N2CCN(Cc3ccncc3)CC2)c1C. The topological polar surface area (TPSA) is 48.5 Å². The van der Waals surface area contributed by atoms with Crippen molar-refractivity contribution in [1.29, 1.82) is 0 Å². The third-order valence-electron chi connectivity index (χ3n) is 4.66. The summed E-state index contributed by atoms with van der Waals surface area (Å²) in [7, 11) is 0. The fraction of sp³-hybridized carbons (Fsp3) is 0.368. The quantitative estimate of drug-likeness (QED) is 0.944. The minimum Gasteiger partial charge on any atom is -0.322 e. The molecule has 24 heavy (non-hydrogen) atoms. The third kappa shape index (κ3) is 3.92. The Morgan fingerprint density at radius 1 is 1.08 bits per heavy atom. The number of aromatic nitrogens is 1. The van der Waals surface area contributed by atoms with Gasteiger partial charge in [-0.2, -0.15) is 0 Å². The molecule has 5 heteroatoms. The van der Waals surface area contributed by atoms with Gasteiger partial charge in [0.1, 0.15) is 0 Å². The van der Waals surface area contributed by atoms with Crippen LogP contribution in [0, 0.1) is 13.8 Å². The van der Waals surface area contributed by atoms with Gasteiger partial charge in [0.15, 0.2) is 0 Å². The second-order valence-electron chi connectivity index (χ2n) is 6.30. The van der Waals surface area contributed by atoms with E-state index in [1.165, 1.54) is 11.1 Å². The standard InChI is InChI=1S/C19H24N4O/c1-15-4-3-5-18(16(15)2)21-19(24)23-12-10-22(11-13-23)14-17-6-8-20-9-7-17/h3-9H,10-14H2,1-2H3,(H,21,24). The lowest BCUT2D eigenvalue weighted by atomic mass is 10.1. The molecule has 5 nitrogen and oxygen atoms in total. The first-order valence-electron chi connectivity index (χ1n) is 8.37. The Balaban J connectivity index is 1.52. The van der Waals surface area contributed by atoms with Gasteiger partial charge in [-0.3, -0.25) is 9.88 Å². The first-order chi connectivity index (χ1) is 11.6. The molecule has 126 valence electrons. The maximum atomic E-state index is 12.5. The van der Waals surface area contributed by atoms with Crippen LogP contribution in [0.1, 0.15) is 16.7 Å². The van der Waals surface area contributed by atoms with Gasteiger partial charge >= 0.3 is 6.03 Å². The van der Waals surface area contributed by atoms with Crippen LogP contribution in [0.3, 0.4) is 0 Å². The minimum absolute atomic E-state index is 0.00717. The zero-order valence-electron chi connectivity index (χ0n) is 14.3. The number of anilines is 1. The molecule has 2 aromatic rings. The average molecular weight is 324 g/mol. The second kappa shape index (κ2) is 7.45. The van der Waals surface area contributed by atoms with E-state index in [4.69, 9.17) is 0 Å². The summed E-state index contributed by atoms with van der Waals surface area (Å²) in [5, 5.41) is 3.05. The smallest absolute Gasteiger partial charge is 0.321 e. The first kappa shape index (κ1) is 16.5. The fourth-order valence-corrected chi connectivity index (χ4v) is 2.94. The molecule has 0 unspecified atom stereocenters. The number of carbonyl (C=O) groups is 1. The molecule has 1 aliphatic rings. The summed E-state index contributed by atoms with van der Waals surface area (Å²) in [5.41, 5.74) is 4.48. The van der Waals surface area contributed by atoms with Gasteiger partial charge in [0.05, 0.1) is 0 Å². The molecule has 1 fully saturated rings. The highest BCUT2D eigenvalue weighted by atomic mass is 16.2. The van der Waals surface area contributed by atoms with E-state index < -0.39 is 0 Å². The van der Waals surface area contributed by atoms with Crippen molar-refractivity contribution < 1.29 is 4.79 Å². The second-order valence-corrected chi connectivity index (χ2v) is 6.30. The Kier molecular flexibility index (Phi) is 5.11. The molecule has 2 heterocycles. The first-order valence-corrected chi connectivity index (χ1v) is 8.37. The lowest BCUT2D eigenvalue weighted by Gasteiger charge is -2.34. The molecule has 1 saturated heterocycles. The molecule has 0 saturated carbocycles. The molecule has 0 radical (unpaired) electrons. The van der Waals surface area contributed by atoms with Crippen molar-refractivity contribution in [2.24, 2.45) is 0 Å². The van der Waals surface area contributed by atoms with Crippen LogP contribution in [0.4, 0.5) is 10.5 Å². The lowest BCUT2D eigenvalue weighted by molar-refractivity contribution is 0.143. The van der Waals surface area contributed by atoms with Crippen molar-refractivity contribution in [3.63, 3.8) is 0 Å². The van der Waals surface area contributed by atoms with Crippen molar-refractivity contribution in [2.75, 3.05) is 31.5 Å². The summed E-state index contributed by atoms with van der Waals surface area (Å²) in [6.07, 6.45) is 3.65. The number of pyridine rings is 1. The molecular formula is C19H24N4O. The summed E-state index contributed by atoms with van der Waals surface area (Å²) in [4.78, 5) is 20.8. The minimum atomic E-state index is -0.00717. The Morgan fingerprint density at radius 3 is 2.50 bits per heavy atom. The van der Waals surface area contributed by atoms with Crippen molar-refractivity contribution in [3.05, 3.63) is 59.4 Å². The summed E-state index contributed by atoms with van der Waals surface area (Å²) >= 11 is 0. The van der Waals surface area contributed by atoms with Crippen LogP contribution in [0.2, 0.25) is 0 Å². The van der Waals surface area contributed by atoms with Crippen LogP contribution in [0.25, 0.3) is 0 Å². The molecule has 0 bridgehead atoms. The van der Waals surface area contributed by atoms with Crippen molar-refractivity contribution in [3.8, 4) is 0 Å². The highest BCUT2D eigenvalue weighted by Gasteiger charge is 2.21. The van der Waals surface area contributed by atoms with Crippen molar-refractivity contribution >= 4 is 11.7 Å². The number of nitrogens with zero attached hydrogens (tertiary/aromatic N) is 3. The Bertz CT molecular complexity index is 694. The number of carbonyl (C=O) groups excluding carboxylic acids is 1. The van der Waals surface area contributed by atoms with Crippen LogP contribution >= 0.6 is 0 Å². The van der Waals surface area contributed by atoms with Gasteiger partial charge in [0, 0.05) is 50.8 Å². The van der Waals surface area contributed by atoms with Crippen LogP contribution in [-0.4, -0.2) is 47.0 Å². The van der Waals surface area contributed by atoms with Gasteiger partial charge in [-0.15, -0.1) is 0 Å². The summed E-state index contributed by atoms with van der Waals surface area (Å²) in [6, 6.07) is 10.1. The number of benzene rings is 1. The lowest BCUT2D eigenvalue weighted by Crippen LogP contribution is -2.49. The summed E-state index contributed by atoms with van der Waals surface area (Å²) in [6.45, 7) is 8.30. The highest BCUT2D eigenvalue weighted by molar-refractivity contribution is 5.90. The van der Waals surface area contributed by atoms with Gasteiger partial charge in [-0.25, -0.2) is 4.79 Å². The number of amides is 2. The number of piperazine rings is 1. The number of rotatable bonds is 3. The van der Waals surface area contributed by atoms with Crippen LogP contribution in [0.15, 0.2) is 42.7 Å². The van der Waals surface area contributed by atoms with Gasteiger partial charge in [0.2, 0.25) is 0 Å². The molecule has 3 rings (SSSR count). The zero-order chi connectivity index (χ0) is 16.9. The van der Waals surface area contributed by atoms with E-state index in [0.29, 0.717) is 0 Å². The number of aryl methyl sites for hydroxylation is 1. The van der Waals surface area contributed by atoms with Gasteiger partial charge in [-0.05, 0) is 48.7 Å². The fourth-order valence-electron chi connectivity index (χ4n) is 2.94. The highest BCUT2D eigenvalue weighted by Crippen LogP contribution is 2.19. The zero-order valence-corrected chi connectivity index (χ0v) is 14.3. The molecule has 0 spiro atoms. The number of urea groups is 1. The van der Waals surface area contributed by atoms with Gasteiger partial charge < -0.3 is 10.2 Å². The van der Waals surface area contributed by atoms with Gasteiger partial charge in [-0.1, -0.05) is 12.1 Å². The molecule has 1 N–H and O–H groups in total. The predicted molar refractivity (Wildman–Crippen MR) is 96.0 cm³/mol. The molecule has 1 aliphatic heterocycles. The monoisotopic (exact) mass is 324 g/mol. The Morgan fingerprint density at radius 2 is 1.79 bits per heavy atom. The maximum absolute atomic E-state index is 12.5. The van der Waals surface area contributed by atoms with E-state index in [-0.39, 0.29) is 6.03 Å². The van der Waals surface area contributed by atoms with Crippen molar-refractivity contribution in [2.45, 2.75) is 20.4 Å².